The van der Waals surface area contributed by atoms with Crippen LogP contribution in [0.5, 0.6) is 6.01 Å². The predicted molar refractivity (Wildman–Crippen MR) is 158 cm³/mol. The Labute approximate surface area is 249 Å². The zero-order valence-corrected chi connectivity index (χ0v) is 24.2. The van der Waals surface area contributed by atoms with Crippen molar-refractivity contribution in [3.05, 3.63) is 34.9 Å². The first-order valence-electron chi connectivity index (χ1n) is 14.4. The van der Waals surface area contributed by atoms with Crippen LogP contribution in [-0.2, 0) is 0 Å². The number of rotatable bonds is 5. The highest BCUT2D eigenvalue weighted by Gasteiger charge is 2.49. The van der Waals surface area contributed by atoms with Crippen LogP contribution in [0.2, 0.25) is 5.02 Å². The van der Waals surface area contributed by atoms with E-state index in [-0.39, 0.29) is 56.2 Å². The summed E-state index contributed by atoms with van der Waals surface area (Å²) in [6.07, 6.45) is 3.30. The second kappa shape index (κ2) is 9.80. The maximum atomic E-state index is 16.7. The third-order valence-electron chi connectivity index (χ3n) is 9.48. The fourth-order valence-electron chi connectivity index (χ4n) is 7.63. The maximum absolute atomic E-state index is 16.7. The number of nitrogens with zero attached hydrogens (tertiary/aromatic N) is 5. The first-order chi connectivity index (χ1) is 20.3. The molecule has 13 heteroatoms. The van der Waals surface area contributed by atoms with Crippen LogP contribution in [0.1, 0.15) is 32.1 Å². The minimum absolute atomic E-state index is 0.0493. The number of aromatic nitrogens is 3. The summed E-state index contributed by atoms with van der Waals surface area (Å²) >= 11 is 7.80. The average molecular weight is 616 g/mol. The fourth-order valence-corrected chi connectivity index (χ4v) is 8.69. The Morgan fingerprint density at radius 2 is 1.95 bits per heavy atom. The summed E-state index contributed by atoms with van der Waals surface area (Å²) in [5, 5.41) is 4.26. The lowest BCUT2D eigenvalue weighted by Crippen LogP contribution is -2.52. The van der Waals surface area contributed by atoms with Crippen molar-refractivity contribution in [3.8, 4) is 17.1 Å². The summed E-state index contributed by atoms with van der Waals surface area (Å²) in [4.78, 5) is 18.1. The van der Waals surface area contributed by atoms with E-state index < -0.39 is 23.3 Å². The number of halogens is 4. The molecule has 2 aromatic carbocycles. The van der Waals surface area contributed by atoms with Gasteiger partial charge >= 0.3 is 6.01 Å². The zero-order chi connectivity index (χ0) is 28.7. The van der Waals surface area contributed by atoms with E-state index in [9.17, 15) is 8.78 Å². The van der Waals surface area contributed by atoms with E-state index in [0.29, 0.717) is 29.7 Å². The number of piperazine rings is 1. The van der Waals surface area contributed by atoms with Gasteiger partial charge < -0.3 is 20.7 Å². The largest absolute Gasteiger partial charge is 0.461 e. The van der Waals surface area contributed by atoms with Gasteiger partial charge in [0.2, 0.25) is 0 Å². The number of anilines is 2. The molecule has 0 aliphatic carbocycles. The van der Waals surface area contributed by atoms with Crippen molar-refractivity contribution in [2.75, 3.05) is 43.4 Å². The summed E-state index contributed by atoms with van der Waals surface area (Å²) in [7, 11) is 0. The lowest BCUT2D eigenvalue weighted by Gasteiger charge is -2.37. The van der Waals surface area contributed by atoms with Crippen molar-refractivity contribution >= 4 is 55.0 Å². The molecule has 4 aromatic rings. The molecule has 4 aliphatic heterocycles. The van der Waals surface area contributed by atoms with Crippen molar-refractivity contribution in [2.45, 2.75) is 55.9 Å². The molecule has 42 heavy (non-hydrogen) atoms. The van der Waals surface area contributed by atoms with E-state index in [1.54, 1.807) is 6.07 Å². The Balaban J connectivity index is 1.29. The Morgan fingerprint density at radius 3 is 2.76 bits per heavy atom. The van der Waals surface area contributed by atoms with Crippen molar-refractivity contribution < 1.29 is 17.9 Å². The molecule has 220 valence electrons. The quantitative estimate of drug-likeness (QED) is 0.312. The molecule has 0 radical (unpaired) electrons. The van der Waals surface area contributed by atoms with Crippen LogP contribution in [0.15, 0.2) is 18.2 Å². The molecule has 4 atom stereocenters. The number of nitrogens with one attached hydrogen (secondary N) is 1. The molecule has 8 rings (SSSR count). The van der Waals surface area contributed by atoms with E-state index in [0.717, 1.165) is 56.7 Å². The van der Waals surface area contributed by atoms with Gasteiger partial charge in [-0.15, -0.1) is 0 Å². The number of nitrogen functional groups attached to an aromatic ring is 1. The van der Waals surface area contributed by atoms with Crippen LogP contribution in [0.25, 0.3) is 32.2 Å². The smallest absolute Gasteiger partial charge is 0.319 e. The fraction of sp³-hybridized carbons (Fsp3) is 0.483. The molecule has 2 unspecified atom stereocenters. The first kappa shape index (κ1) is 26.7. The van der Waals surface area contributed by atoms with Gasteiger partial charge in [-0.3, -0.25) is 4.90 Å². The minimum Gasteiger partial charge on any atom is -0.461 e. The standard InChI is InChI=1S/C29H29ClF3N7OS/c30-19-8-18-23(22(33)21(19)17-4-5-20(32)25-24(17)36-27(34)42-25)37-28(38-26(18)40-15-2-3-16(40)11-35-10-15)41-13-29-6-1-7-39(29)12-14(31)9-29/h4-5,8,14-16,35H,1-3,6-7,9-13H2,(H2,34,36)/t14-,15?,16?,29+/m0/s1. The molecular formula is C29H29ClF3N7OS. The molecule has 0 amide bonds. The highest BCUT2D eigenvalue weighted by molar-refractivity contribution is 7.22. The number of fused-ring (bicyclic) bond motifs is 5. The molecule has 6 heterocycles. The topological polar surface area (TPSA) is 92.4 Å². The first-order valence-corrected chi connectivity index (χ1v) is 15.6. The molecule has 4 fully saturated rings. The number of benzene rings is 2. The number of nitrogens with two attached hydrogens (primary N) is 1. The summed E-state index contributed by atoms with van der Waals surface area (Å²) in [6.45, 7) is 3.05. The SMILES string of the molecule is Nc1nc2c(-c3c(Cl)cc4c(N5C6CCC5CNC6)nc(OC[C@]56CCCN5C[C@@H](F)C6)nc4c3F)ccc(F)c2s1. The summed E-state index contributed by atoms with van der Waals surface area (Å²) in [6, 6.07) is 4.84. The van der Waals surface area contributed by atoms with Crippen LogP contribution in [-0.4, -0.2) is 76.4 Å². The Kier molecular flexibility index (Phi) is 6.22. The normalized spacial score (nSPS) is 27.4. The van der Waals surface area contributed by atoms with Gasteiger partial charge in [-0.05, 0) is 50.4 Å². The van der Waals surface area contributed by atoms with E-state index >= 15 is 4.39 Å². The van der Waals surface area contributed by atoms with Crippen LogP contribution in [0, 0.1) is 11.6 Å². The van der Waals surface area contributed by atoms with Crippen LogP contribution in [0.3, 0.4) is 0 Å². The van der Waals surface area contributed by atoms with Gasteiger partial charge in [0.05, 0.1) is 20.8 Å². The van der Waals surface area contributed by atoms with Gasteiger partial charge in [-0.2, -0.15) is 9.97 Å². The molecule has 0 spiro atoms. The molecule has 2 aromatic heterocycles. The van der Waals surface area contributed by atoms with E-state index in [1.165, 1.54) is 12.1 Å². The molecular weight excluding hydrogens is 587 g/mol. The van der Waals surface area contributed by atoms with Gasteiger partial charge in [0.15, 0.2) is 10.9 Å². The molecule has 4 aliphatic rings. The number of hydrogen-bond donors (Lipinski definition) is 2. The maximum Gasteiger partial charge on any atom is 0.319 e. The van der Waals surface area contributed by atoms with Crippen LogP contribution < -0.4 is 20.7 Å². The summed E-state index contributed by atoms with van der Waals surface area (Å²) < 4.78 is 52.2. The molecule has 4 saturated heterocycles. The number of alkyl halides is 1. The number of hydrogen-bond acceptors (Lipinski definition) is 9. The van der Waals surface area contributed by atoms with Gasteiger partial charge in [-0.25, -0.2) is 18.2 Å². The van der Waals surface area contributed by atoms with E-state index in [4.69, 9.17) is 27.1 Å². The van der Waals surface area contributed by atoms with Gasteiger partial charge in [0.25, 0.3) is 0 Å². The van der Waals surface area contributed by atoms with Crippen molar-refractivity contribution in [1.82, 2.24) is 25.2 Å². The Hall–Kier alpha value is -2.93. The van der Waals surface area contributed by atoms with Gasteiger partial charge in [-0.1, -0.05) is 22.9 Å². The zero-order valence-electron chi connectivity index (χ0n) is 22.7. The third-order valence-corrected chi connectivity index (χ3v) is 10.7. The van der Waals surface area contributed by atoms with Crippen molar-refractivity contribution in [2.24, 2.45) is 0 Å². The lowest BCUT2D eigenvalue weighted by molar-refractivity contribution is 0.107. The molecule has 8 nitrogen and oxygen atoms in total. The average Bonchev–Trinajstić information content (AvgIpc) is 3.68. The summed E-state index contributed by atoms with van der Waals surface area (Å²) in [5.74, 6) is -0.579. The second-order valence-corrected chi connectivity index (χ2v) is 13.4. The highest BCUT2D eigenvalue weighted by Crippen LogP contribution is 2.45. The van der Waals surface area contributed by atoms with E-state index in [2.05, 4.69) is 25.1 Å². The molecule has 2 bridgehead atoms. The highest BCUT2D eigenvalue weighted by atomic mass is 35.5. The second-order valence-electron chi connectivity index (χ2n) is 11.9. The predicted octanol–water partition coefficient (Wildman–Crippen LogP) is 5.32. The van der Waals surface area contributed by atoms with Gasteiger partial charge in [0.1, 0.15) is 29.9 Å². The Bertz CT molecular complexity index is 1720. The van der Waals surface area contributed by atoms with Crippen molar-refractivity contribution in [3.63, 3.8) is 0 Å². The van der Waals surface area contributed by atoms with Crippen molar-refractivity contribution in [1.29, 1.82) is 0 Å². The minimum atomic E-state index is -0.895. The number of ether oxygens (including phenoxy) is 1. The Morgan fingerprint density at radius 1 is 1.14 bits per heavy atom. The molecule has 0 saturated carbocycles. The lowest BCUT2D eigenvalue weighted by atomic mass is 9.95. The van der Waals surface area contributed by atoms with Crippen LogP contribution >= 0.6 is 22.9 Å². The van der Waals surface area contributed by atoms with E-state index in [1.807, 2.05) is 0 Å². The van der Waals surface area contributed by atoms with Crippen LogP contribution in [0.4, 0.5) is 24.1 Å². The number of thiazole rings is 1. The monoisotopic (exact) mass is 615 g/mol. The van der Waals surface area contributed by atoms with Gasteiger partial charge in [0, 0.05) is 54.7 Å². The molecule has 3 N–H and O–H groups in total. The summed E-state index contributed by atoms with van der Waals surface area (Å²) in [5.41, 5.74) is 6.19. The third kappa shape index (κ3) is 4.05.